The summed E-state index contributed by atoms with van der Waals surface area (Å²) in [4.78, 5) is 12.3. The maximum absolute atomic E-state index is 12.7. The van der Waals surface area contributed by atoms with E-state index in [1.54, 1.807) is 25.3 Å². The molecule has 118 valence electrons. The van der Waals surface area contributed by atoms with E-state index in [-0.39, 0.29) is 12.1 Å². The lowest BCUT2D eigenvalue weighted by molar-refractivity contribution is -0.536. The zero-order valence-corrected chi connectivity index (χ0v) is 12.8. The molecule has 1 aliphatic carbocycles. The van der Waals surface area contributed by atoms with Crippen molar-refractivity contribution in [1.29, 1.82) is 0 Å². The molecular weight excluding hydrogens is 284 g/mol. The van der Waals surface area contributed by atoms with Crippen molar-refractivity contribution >= 4 is 5.70 Å². The van der Waals surface area contributed by atoms with Gasteiger partial charge >= 0.3 is 0 Å². The topological polar surface area (TPSA) is 64.8 Å². The van der Waals surface area contributed by atoms with Crippen molar-refractivity contribution in [2.24, 2.45) is 0 Å². The third-order valence-corrected chi connectivity index (χ3v) is 4.49. The molecule has 0 bridgehead atoms. The van der Waals surface area contributed by atoms with Crippen LogP contribution in [-0.2, 0) is 0 Å². The fraction of sp³-hybridized carbons (Fsp3) is 0.500. The predicted molar refractivity (Wildman–Crippen MR) is 82.4 cm³/mol. The minimum absolute atomic E-state index is 0.237. The molecule has 22 heavy (non-hydrogen) atoms. The monoisotopic (exact) mass is 304 g/mol. The average molecular weight is 304 g/mol. The highest BCUT2D eigenvalue weighted by Gasteiger charge is 2.42. The molecule has 0 spiro atoms. The number of hydroxylamine groups is 2. The van der Waals surface area contributed by atoms with E-state index in [9.17, 15) is 10.1 Å². The van der Waals surface area contributed by atoms with Crippen LogP contribution in [0.3, 0.4) is 0 Å². The second-order valence-corrected chi connectivity index (χ2v) is 5.69. The Hall–Kier alpha value is -2.08. The van der Waals surface area contributed by atoms with Gasteiger partial charge in [0, 0.05) is 27.7 Å². The lowest BCUT2D eigenvalue weighted by Gasteiger charge is -2.44. The van der Waals surface area contributed by atoms with Crippen LogP contribution in [0.1, 0.15) is 31.2 Å². The predicted octanol–water partition coefficient (Wildman–Crippen LogP) is 2.91. The highest BCUT2D eigenvalue weighted by atomic mass is 16.5. The molecule has 0 N–H and O–H groups in total. The molecule has 2 aliphatic rings. The molecule has 6 nitrogen and oxygen atoms in total. The molecule has 3 rings (SSSR count). The van der Waals surface area contributed by atoms with Crippen molar-refractivity contribution in [2.45, 2.75) is 37.8 Å². The summed E-state index contributed by atoms with van der Waals surface area (Å²) in [7, 11) is 3.11. The quantitative estimate of drug-likeness (QED) is 0.803. The normalized spacial score (nSPS) is 24.6. The summed E-state index contributed by atoms with van der Waals surface area (Å²) in [5.41, 5.74) is 0.973. The molecule has 1 aromatic carbocycles. The number of hydrogen-bond acceptors (Lipinski definition) is 5. The molecule has 1 aromatic rings. The van der Waals surface area contributed by atoms with Gasteiger partial charge in [0.15, 0.2) is 0 Å². The van der Waals surface area contributed by atoms with Crippen LogP contribution in [0.2, 0.25) is 0 Å². The summed E-state index contributed by atoms with van der Waals surface area (Å²) in [5, 5.41) is 13.7. The minimum atomic E-state index is -0.280. The van der Waals surface area contributed by atoms with Gasteiger partial charge in [-0.25, -0.2) is 0 Å². The number of methoxy groups -OCH3 is 2. The Bertz CT molecular complexity index is 614. The summed E-state index contributed by atoms with van der Waals surface area (Å²) in [5.74, 6) is 1.16. The number of rotatable bonds is 3. The van der Waals surface area contributed by atoms with Gasteiger partial charge in [0.2, 0.25) is 12.2 Å². The highest BCUT2D eigenvalue weighted by molar-refractivity contribution is 5.70. The smallest absolute Gasteiger partial charge is 0.244 e. The van der Waals surface area contributed by atoms with Crippen LogP contribution in [0.25, 0.3) is 5.70 Å². The number of nitrogens with zero attached hydrogens (tertiary/aromatic N) is 2. The Balaban J connectivity index is 2.02. The largest absolute Gasteiger partial charge is 0.758 e. The van der Waals surface area contributed by atoms with Gasteiger partial charge in [0.1, 0.15) is 17.2 Å². The van der Waals surface area contributed by atoms with Crippen LogP contribution in [0.15, 0.2) is 24.4 Å². The number of ether oxygens (including phenoxy) is 2. The fourth-order valence-electron chi connectivity index (χ4n) is 3.31. The Morgan fingerprint density at radius 3 is 2.73 bits per heavy atom. The van der Waals surface area contributed by atoms with E-state index in [1.165, 1.54) is 13.3 Å². The minimum Gasteiger partial charge on any atom is -0.758 e. The zero-order chi connectivity index (χ0) is 15.7. The van der Waals surface area contributed by atoms with Gasteiger partial charge in [-0.2, -0.15) is 0 Å². The second kappa shape index (κ2) is 5.96. The van der Waals surface area contributed by atoms with Gasteiger partial charge in [-0.1, -0.05) is 6.42 Å². The van der Waals surface area contributed by atoms with Crippen LogP contribution in [0.5, 0.6) is 11.5 Å². The van der Waals surface area contributed by atoms with E-state index in [1.807, 2.05) is 0 Å². The van der Waals surface area contributed by atoms with E-state index in [0.717, 1.165) is 35.5 Å². The summed E-state index contributed by atoms with van der Waals surface area (Å²) >= 11 is 0. The van der Waals surface area contributed by atoms with Crippen molar-refractivity contribution in [3.63, 3.8) is 0 Å². The Morgan fingerprint density at radius 2 is 2.00 bits per heavy atom. The van der Waals surface area contributed by atoms with E-state index in [4.69, 9.17) is 9.47 Å². The van der Waals surface area contributed by atoms with Gasteiger partial charge in [0.25, 0.3) is 0 Å². The molecule has 0 radical (unpaired) electrons. The molecule has 0 aromatic heterocycles. The summed E-state index contributed by atoms with van der Waals surface area (Å²) < 4.78 is 11.5. The third-order valence-electron chi connectivity index (χ3n) is 4.49. The van der Waals surface area contributed by atoms with Gasteiger partial charge in [-0.15, -0.1) is 0 Å². The Kier molecular flexibility index (Phi) is 4.02. The molecule has 6 heteroatoms. The van der Waals surface area contributed by atoms with Crippen LogP contribution in [-0.4, -0.2) is 36.1 Å². The summed E-state index contributed by atoms with van der Waals surface area (Å²) in [6, 6.07) is 4.71. The van der Waals surface area contributed by atoms with E-state index < -0.39 is 0 Å². The molecule has 1 heterocycles. The first-order valence-corrected chi connectivity index (χ1v) is 7.51. The fourth-order valence-corrected chi connectivity index (χ4v) is 3.31. The van der Waals surface area contributed by atoms with Crippen LogP contribution < -0.4 is 9.47 Å². The van der Waals surface area contributed by atoms with Crippen molar-refractivity contribution in [1.82, 2.24) is 5.06 Å². The lowest BCUT2D eigenvalue weighted by Crippen LogP contribution is -2.49. The van der Waals surface area contributed by atoms with Crippen molar-refractivity contribution in [2.75, 3.05) is 14.2 Å². The first kappa shape index (κ1) is 14.8. The Morgan fingerprint density at radius 1 is 1.23 bits per heavy atom. The maximum atomic E-state index is 12.7. The maximum Gasteiger partial charge on any atom is 0.244 e. The van der Waals surface area contributed by atoms with Gasteiger partial charge in [-0.05, 0) is 25.0 Å². The number of hydrogen-bond donors (Lipinski definition) is 0. The molecule has 1 saturated carbocycles. The molecule has 0 amide bonds. The summed E-state index contributed by atoms with van der Waals surface area (Å²) in [6.45, 7) is 0. The van der Waals surface area contributed by atoms with E-state index >= 15 is 0 Å². The van der Waals surface area contributed by atoms with Crippen molar-refractivity contribution < 1.29 is 14.2 Å². The van der Waals surface area contributed by atoms with Gasteiger partial charge in [-0.3, -0.25) is 0 Å². The van der Waals surface area contributed by atoms with Crippen LogP contribution in [0, 0.1) is 10.1 Å². The molecular formula is C16H20N2O4. The zero-order valence-electron chi connectivity index (χ0n) is 12.8. The first-order valence-electron chi connectivity index (χ1n) is 7.51. The molecule has 0 unspecified atom stereocenters. The molecule has 1 aliphatic heterocycles. The summed E-state index contributed by atoms with van der Waals surface area (Å²) in [6.07, 6.45) is 4.91. The van der Waals surface area contributed by atoms with Crippen molar-refractivity contribution in [3.8, 4) is 11.5 Å². The molecule has 1 fully saturated rings. The van der Waals surface area contributed by atoms with Crippen LogP contribution in [0.4, 0.5) is 0 Å². The Labute approximate surface area is 129 Å². The SMILES string of the molecule is COc1ccc(C2=C[N+](=O)[C@H]3CCCC[C@@H]3N2[O-])c(OC)c1. The third kappa shape index (κ3) is 2.43. The van der Waals surface area contributed by atoms with Crippen LogP contribution >= 0.6 is 0 Å². The number of fused-ring (bicyclic) bond motifs is 1. The second-order valence-electron chi connectivity index (χ2n) is 5.69. The number of nitroso groups, excluding NO2 is 1. The van der Waals surface area contributed by atoms with Gasteiger partial charge < -0.3 is 19.7 Å². The number of benzene rings is 1. The van der Waals surface area contributed by atoms with E-state index in [2.05, 4.69) is 0 Å². The first-order chi connectivity index (χ1) is 10.7. The van der Waals surface area contributed by atoms with Gasteiger partial charge in [0.05, 0.1) is 20.3 Å². The van der Waals surface area contributed by atoms with Crippen molar-refractivity contribution in [3.05, 3.63) is 40.1 Å². The average Bonchev–Trinajstić information content (AvgIpc) is 2.57. The standard InChI is InChI=1S/C16H20N2O4/c1-21-11-7-8-12(16(9-11)22-2)15-10-17(19)13-5-3-4-6-14(13)18(15)20/h7-10,13-14H,3-6H2,1-2H3/t13-,14-/m0/s1. The molecule has 0 saturated heterocycles. The molecule has 2 atom stereocenters. The highest BCUT2D eigenvalue weighted by Crippen LogP contribution is 2.38. The van der Waals surface area contributed by atoms with E-state index in [0.29, 0.717) is 22.8 Å². The lowest BCUT2D eigenvalue weighted by atomic mass is 9.88.